The van der Waals surface area contributed by atoms with E-state index in [1.807, 2.05) is 0 Å². The number of aryl methyl sites for hydroxylation is 1. The maximum Gasteiger partial charge on any atom is 0.411 e. The van der Waals surface area contributed by atoms with E-state index < -0.39 is 28.9 Å². The van der Waals surface area contributed by atoms with Crippen molar-refractivity contribution >= 4 is 11.8 Å². The van der Waals surface area contributed by atoms with Crippen LogP contribution in [-0.4, -0.2) is 18.6 Å². The van der Waals surface area contributed by atoms with E-state index in [-0.39, 0.29) is 0 Å². The summed E-state index contributed by atoms with van der Waals surface area (Å²) in [6.45, 7) is 1.66. The number of hydrogen-bond donors (Lipinski definition) is 0. The molecule has 186 valence electrons. The van der Waals surface area contributed by atoms with Gasteiger partial charge >= 0.3 is 12.4 Å². The minimum absolute atomic E-state index is 0.314. The third kappa shape index (κ3) is 4.41. The number of benzene rings is 4. The van der Waals surface area contributed by atoms with Gasteiger partial charge in [-0.15, -0.1) is 11.8 Å². The zero-order chi connectivity index (χ0) is 26.1. The lowest BCUT2D eigenvalue weighted by Gasteiger charge is -2.39. The maximum atomic E-state index is 14.9. The van der Waals surface area contributed by atoms with Crippen LogP contribution in [0.25, 0.3) is 22.3 Å². The Morgan fingerprint density at radius 3 is 1.47 bits per heavy atom. The van der Waals surface area contributed by atoms with Gasteiger partial charge in [-0.1, -0.05) is 78.9 Å². The molecule has 0 radical (unpaired) electrons. The second-order valence-corrected chi connectivity index (χ2v) is 9.27. The standard InChI is InChI=1S/C29H22F6S/c1-19-13-14-22(17-24(19)20-9-5-3-6-10-20)27(28(30,31)32,29(33,34)35)23-15-16-26(36-2)25(18-23)21-11-7-4-8-12-21/h3-18H,1-2H3. The van der Waals surface area contributed by atoms with Gasteiger partial charge in [-0.25, -0.2) is 0 Å². The minimum Gasteiger partial charge on any atom is -0.169 e. The smallest absolute Gasteiger partial charge is 0.169 e. The highest BCUT2D eigenvalue weighted by Gasteiger charge is 2.72. The van der Waals surface area contributed by atoms with Crippen LogP contribution in [0, 0.1) is 6.92 Å². The van der Waals surface area contributed by atoms with Crippen molar-refractivity contribution in [3.63, 3.8) is 0 Å². The van der Waals surface area contributed by atoms with E-state index in [4.69, 9.17) is 0 Å². The summed E-state index contributed by atoms with van der Waals surface area (Å²) in [5.74, 6) is 0. The van der Waals surface area contributed by atoms with Crippen LogP contribution in [0.3, 0.4) is 0 Å². The van der Waals surface area contributed by atoms with Crippen molar-refractivity contribution in [2.24, 2.45) is 0 Å². The zero-order valence-electron chi connectivity index (χ0n) is 19.4. The van der Waals surface area contributed by atoms with E-state index in [1.54, 1.807) is 73.8 Å². The molecule has 4 rings (SSSR count). The molecule has 0 bridgehead atoms. The van der Waals surface area contributed by atoms with E-state index in [2.05, 4.69) is 0 Å². The SMILES string of the molecule is CSc1ccc(C(c2ccc(C)c(-c3ccccc3)c2)(C(F)(F)F)C(F)(F)F)cc1-c1ccccc1. The largest absolute Gasteiger partial charge is 0.411 e. The first-order valence-electron chi connectivity index (χ1n) is 11.0. The molecule has 0 aliphatic carbocycles. The topological polar surface area (TPSA) is 0 Å². The summed E-state index contributed by atoms with van der Waals surface area (Å²) in [4.78, 5) is 0.581. The average Bonchev–Trinajstić information content (AvgIpc) is 2.84. The lowest BCUT2D eigenvalue weighted by Crippen LogP contribution is -2.54. The molecule has 0 amide bonds. The van der Waals surface area contributed by atoms with Gasteiger partial charge in [0, 0.05) is 4.90 Å². The van der Waals surface area contributed by atoms with Crippen molar-refractivity contribution in [2.45, 2.75) is 29.6 Å². The van der Waals surface area contributed by atoms with Crippen molar-refractivity contribution < 1.29 is 26.3 Å². The summed E-state index contributed by atoms with van der Waals surface area (Å²) in [6.07, 6.45) is -9.60. The highest BCUT2D eigenvalue weighted by atomic mass is 32.2. The van der Waals surface area contributed by atoms with Crippen LogP contribution in [0.1, 0.15) is 16.7 Å². The summed E-state index contributed by atoms with van der Waals surface area (Å²) in [7, 11) is 0. The summed E-state index contributed by atoms with van der Waals surface area (Å²) < 4.78 is 89.2. The number of thioether (sulfide) groups is 1. The minimum atomic E-state index is -5.66. The molecule has 0 spiro atoms. The molecule has 0 heterocycles. The van der Waals surface area contributed by atoms with Crippen LogP contribution in [0.5, 0.6) is 0 Å². The quantitative estimate of drug-likeness (QED) is 0.188. The fourth-order valence-corrected chi connectivity index (χ4v) is 5.15. The van der Waals surface area contributed by atoms with Gasteiger partial charge in [0.2, 0.25) is 5.41 Å². The van der Waals surface area contributed by atoms with Gasteiger partial charge in [-0.05, 0) is 70.3 Å². The van der Waals surface area contributed by atoms with Crippen molar-refractivity contribution in [3.8, 4) is 22.3 Å². The molecule has 0 saturated heterocycles. The Morgan fingerprint density at radius 1 is 0.556 bits per heavy atom. The summed E-state index contributed by atoms with van der Waals surface area (Å²) in [5, 5.41) is 0. The van der Waals surface area contributed by atoms with Gasteiger partial charge in [-0.2, -0.15) is 26.3 Å². The normalized spacial score (nSPS) is 12.6. The van der Waals surface area contributed by atoms with Gasteiger partial charge in [0.05, 0.1) is 0 Å². The van der Waals surface area contributed by atoms with Crippen LogP contribution in [0.4, 0.5) is 26.3 Å². The number of alkyl halides is 6. The molecule has 7 heteroatoms. The fourth-order valence-electron chi connectivity index (χ4n) is 4.55. The molecule has 0 aliphatic heterocycles. The molecule has 4 aromatic rings. The molecule has 0 N–H and O–H groups in total. The Balaban J connectivity index is 2.07. The molecule has 0 fully saturated rings. The first-order chi connectivity index (χ1) is 17.0. The number of halogens is 6. The van der Waals surface area contributed by atoms with Crippen molar-refractivity contribution in [3.05, 3.63) is 114 Å². The predicted molar refractivity (Wildman–Crippen MR) is 133 cm³/mol. The van der Waals surface area contributed by atoms with Crippen LogP contribution >= 0.6 is 11.8 Å². The number of hydrogen-bond acceptors (Lipinski definition) is 1. The van der Waals surface area contributed by atoms with E-state index >= 15 is 0 Å². The third-order valence-electron chi connectivity index (χ3n) is 6.32. The fraction of sp³-hybridized carbons (Fsp3) is 0.172. The highest BCUT2D eigenvalue weighted by molar-refractivity contribution is 7.98. The molecular weight excluding hydrogens is 494 g/mol. The third-order valence-corrected chi connectivity index (χ3v) is 7.12. The Hall–Kier alpha value is -3.19. The Morgan fingerprint density at radius 2 is 1.00 bits per heavy atom. The zero-order valence-corrected chi connectivity index (χ0v) is 20.2. The van der Waals surface area contributed by atoms with Crippen LogP contribution < -0.4 is 0 Å². The Bertz CT molecular complexity index is 1330. The highest BCUT2D eigenvalue weighted by Crippen LogP contribution is 2.57. The second kappa shape index (κ2) is 9.69. The van der Waals surface area contributed by atoms with Crippen molar-refractivity contribution in [1.29, 1.82) is 0 Å². The van der Waals surface area contributed by atoms with Gasteiger partial charge in [0.25, 0.3) is 0 Å². The van der Waals surface area contributed by atoms with Gasteiger partial charge in [0.15, 0.2) is 0 Å². The molecule has 0 aliphatic rings. The van der Waals surface area contributed by atoms with E-state index in [0.717, 1.165) is 24.3 Å². The Kier molecular flexibility index (Phi) is 6.97. The monoisotopic (exact) mass is 516 g/mol. The van der Waals surface area contributed by atoms with Gasteiger partial charge in [0.1, 0.15) is 0 Å². The van der Waals surface area contributed by atoms with Gasteiger partial charge < -0.3 is 0 Å². The molecule has 36 heavy (non-hydrogen) atoms. The summed E-state index contributed by atoms with van der Waals surface area (Å²) in [5.41, 5.74) is -3.69. The Labute approximate surface area is 210 Å². The lowest BCUT2D eigenvalue weighted by molar-refractivity contribution is -0.288. The molecule has 0 atom stereocenters. The van der Waals surface area contributed by atoms with Crippen LogP contribution in [0.15, 0.2) is 102 Å². The molecule has 4 aromatic carbocycles. The van der Waals surface area contributed by atoms with Crippen LogP contribution in [0.2, 0.25) is 0 Å². The predicted octanol–water partition coefficient (Wildman–Crippen LogP) is 9.46. The van der Waals surface area contributed by atoms with E-state index in [0.29, 0.717) is 32.7 Å². The van der Waals surface area contributed by atoms with E-state index in [9.17, 15) is 26.3 Å². The molecular formula is C29H22F6S. The summed E-state index contributed by atoms with van der Waals surface area (Å²) in [6, 6.07) is 23.5. The first kappa shape index (κ1) is 25.9. The molecule has 0 nitrogen and oxygen atoms in total. The van der Waals surface area contributed by atoms with Crippen molar-refractivity contribution in [2.75, 3.05) is 6.26 Å². The van der Waals surface area contributed by atoms with Gasteiger partial charge in [-0.3, -0.25) is 0 Å². The number of rotatable bonds is 5. The lowest BCUT2D eigenvalue weighted by atomic mass is 9.71. The molecule has 0 aromatic heterocycles. The molecule has 0 saturated carbocycles. The van der Waals surface area contributed by atoms with Crippen molar-refractivity contribution in [1.82, 2.24) is 0 Å². The van der Waals surface area contributed by atoms with Crippen LogP contribution in [-0.2, 0) is 5.41 Å². The maximum absolute atomic E-state index is 14.9. The second-order valence-electron chi connectivity index (χ2n) is 8.42. The molecule has 0 unspecified atom stereocenters. The van der Waals surface area contributed by atoms with E-state index in [1.165, 1.54) is 23.9 Å². The first-order valence-corrected chi connectivity index (χ1v) is 12.3. The summed E-state index contributed by atoms with van der Waals surface area (Å²) >= 11 is 1.26. The average molecular weight is 517 g/mol.